The zero-order valence-electron chi connectivity index (χ0n) is 11.0. The van der Waals surface area contributed by atoms with Crippen LogP contribution in [0.15, 0.2) is 47.4 Å². The highest BCUT2D eigenvalue weighted by Crippen LogP contribution is 2.23. The molecular formula is C14H14Cl2N2O2S. The Morgan fingerprint density at radius 1 is 1.10 bits per heavy atom. The van der Waals surface area contributed by atoms with Gasteiger partial charge in [0.15, 0.2) is 0 Å². The topological polar surface area (TPSA) is 72.2 Å². The molecular weight excluding hydrogens is 331 g/mol. The lowest BCUT2D eigenvalue weighted by atomic mass is 10.2. The van der Waals surface area contributed by atoms with E-state index in [-0.39, 0.29) is 16.5 Å². The van der Waals surface area contributed by atoms with Gasteiger partial charge in [-0.25, -0.2) is 13.1 Å². The normalized spacial score (nSPS) is 11.5. The Labute approximate surface area is 133 Å². The number of nitrogens with two attached hydrogens (primary N) is 1. The van der Waals surface area contributed by atoms with Gasteiger partial charge in [0.2, 0.25) is 10.0 Å². The Kier molecular flexibility index (Phi) is 5.11. The molecule has 0 radical (unpaired) electrons. The molecule has 0 aliphatic heterocycles. The second-order valence-corrected chi connectivity index (χ2v) is 7.05. The highest BCUT2D eigenvalue weighted by atomic mass is 35.5. The lowest BCUT2D eigenvalue weighted by Gasteiger charge is -2.09. The first kappa shape index (κ1) is 16.1. The molecule has 0 heterocycles. The average molecular weight is 345 g/mol. The van der Waals surface area contributed by atoms with E-state index in [1.165, 1.54) is 12.1 Å². The Bertz CT molecular complexity index is 748. The molecule has 2 aromatic carbocycles. The Morgan fingerprint density at radius 2 is 1.86 bits per heavy atom. The molecule has 0 aromatic heterocycles. The number of hydrogen-bond acceptors (Lipinski definition) is 3. The van der Waals surface area contributed by atoms with E-state index in [0.717, 1.165) is 5.56 Å². The number of anilines is 1. The van der Waals surface area contributed by atoms with Crippen molar-refractivity contribution in [1.29, 1.82) is 0 Å². The first-order chi connectivity index (χ1) is 9.88. The largest absolute Gasteiger partial charge is 0.399 e. The average Bonchev–Trinajstić information content (AvgIpc) is 2.41. The van der Waals surface area contributed by atoms with Crippen LogP contribution in [0.25, 0.3) is 0 Å². The third-order valence-corrected chi connectivity index (χ3v) is 5.02. The van der Waals surface area contributed by atoms with E-state index >= 15 is 0 Å². The molecule has 3 N–H and O–H groups in total. The van der Waals surface area contributed by atoms with Gasteiger partial charge in [0.1, 0.15) is 4.90 Å². The molecule has 0 saturated carbocycles. The summed E-state index contributed by atoms with van der Waals surface area (Å²) in [6.45, 7) is 0.244. The predicted octanol–water partition coefficient (Wildman–Crippen LogP) is 3.10. The van der Waals surface area contributed by atoms with Crippen LogP contribution in [0.2, 0.25) is 10.0 Å². The van der Waals surface area contributed by atoms with Crippen LogP contribution in [0.1, 0.15) is 5.56 Å². The van der Waals surface area contributed by atoms with Gasteiger partial charge in [-0.1, -0.05) is 35.3 Å². The van der Waals surface area contributed by atoms with Gasteiger partial charge in [-0.05, 0) is 42.3 Å². The van der Waals surface area contributed by atoms with Crippen LogP contribution >= 0.6 is 23.2 Å². The van der Waals surface area contributed by atoms with Crippen LogP contribution in [0.5, 0.6) is 0 Å². The third kappa shape index (κ3) is 4.35. The summed E-state index contributed by atoms with van der Waals surface area (Å²) in [5, 5.41) is 0.758. The summed E-state index contributed by atoms with van der Waals surface area (Å²) >= 11 is 11.8. The maximum atomic E-state index is 12.2. The minimum atomic E-state index is -3.69. The van der Waals surface area contributed by atoms with Crippen molar-refractivity contribution in [3.63, 3.8) is 0 Å². The van der Waals surface area contributed by atoms with Crippen molar-refractivity contribution in [3.05, 3.63) is 58.1 Å². The number of sulfonamides is 1. The lowest BCUT2D eigenvalue weighted by Crippen LogP contribution is -2.26. The number of rotatable bonds is 5. The minimum absolute atomic E-state index is 0.0183. The molecule has 21 heavy (non-hydrogen) atoms. The first-order valence-electron chi connectivity index (χ1n) is 6.17. The number of halogens is 2. The highest BCUT2D eigenvalue weighted by Gasteiger charge is 2.17. The predicted molar refractivity (Wildman–Crippen MR) is 86.2 cm³/mol. The van der Waals surface area contributed by atoms with Crippen molar-refractivity contribution in [2.45, 2.75) is 11.3 Å². The molecule has 0 amide bonds. The fourth-order valence-electron chi connectivity index (χ4n) is 1.83. The van der Waals surface area contributed by atoms with Gasteiger partial charge in [0.05, 0.1) is 5.02 Å². The summed E-state index contributed by atoms with van der Waals surface area (Å²) in [5.74, 6) is 0. The van der Waals surface area contributed by atoms with Crippen molar-refractivity contribution < 1.29 is 8.42 Å². The number of nitrogen functional groups attached to an aromatic ring is 1. The summed E-state index contributed by atoms with van der Waals surface area (Å²) in [4.78, 5) is -0.0183. The third-order valence-electron chi connectivity index (χ3n) is 2.84. The second kappa shape index (κ2) is 6.66. The Balaban J connectivity index is 2.06. The molecule has 0 unspecified atom stereocenters. The molecule has 2 rings (SSSR count). The molecule has 0 spiro atoms. The van der Waals surface area contributed by atoms with Crippen LogP contribution in [0.3, 0.4) is 0 Å². The van der Waals surface area contributed by atoms with Crippen LogP contribution in [-0.4, -0.2) is 15.0 Å². The molecule has 0 bridgehead atoms. The minimum Gasteiger partial charge on any atom is -0.399 e. The van der Waals surface area contributed by atoms with E-state index in [0.29, 0.717) is 17.1 Å². The maximum Gasteiger partial charge on any atom is 0.242 e. The maximum absolute atomic E-state index is 12.2. The Hall–Kier alpha value is -1.27. The van der Waals surface area contributed by atoms with Gasteiger partial charge in [-0.3, -0.25) is 0 Å². The summed E-state index contributed by atoms with van der Waals surface area (Å²) < 4.78 is 26.9. The first-order valence-corrected chi connectivity index (χ1v) is 8.41. The molecule has 4 nitrogen and oxygen atoms in total. The number of hydrogen-bond donors (Lipinski definition) is 2. The molecule has 0 saturated heterocycles. The highest BCUT2D eigenvalue weighted by molar-refractivity contribution is 7.89. The monoisotopic (exact) mass is 344 g/mol. The molecule has 0 aliphatic carbocycles. The number of benzene rings is 2. The molecule has 0 fully saturated rings. The zero-order chi connectivity index (χ0) is 15.5. The van der Waals surface area contributed by atoms with Crippen LogP contribution in [0.4, 0.5) is 5.69 Å². The lowest BCUT2D eigenvalue weighted by molar-refractivity contribution is 0.582. The van der Waals surface area contributed by atoms with E-state index in [9.17, 15) is 8.42 Å². The second-order valence-electron chi connectivity index (χ2n) is 4.47. The summed E-state index contributed by atoms with van der Waals surface area (Å²) in [7, 11) is -3.69. The van der Waals surface area contributed by atoms with Crippen molar-refractivity contribution in [3.8, 4) is 0 Å². The van der Waals surface area contributed by atoms with Crippen molar-refractivity contribution in [2.24, 2.45) is 0 Å². The van der Waals surface area contributed by atoms with Gasteiger partial charge in [-0.15, -0.1) is 0 Å². The van der Waals surface area contributed by atoms with Crippen LogP contribution < -0.4 is 10.5 Å². The quantitative estimate of drug-likeness (QED) is 0.818. The SMILES string of the molecule is Nc1ccc(Cl)c(S(=O)(=O)NCCc2cccc(Cl)c2)c1. The Morgan fingerprint density at radius 3 is 2.57 bits per heavy atom. The van der Waals surface area contributed by atoms with Gasteiger partial charge >= 0.3 is 0 Å². The van der Waals surface area contributed by atoms with E-state index in [2.05, 4.69) is 4.72 Å². The van der Waals surface area contributed by atoms with Crippen molar-refractivity contribution in [2.75, 3.05) is 12.3 Å². The summed E-state index contributed by atoms with van der Waals surface area (Å²) in [5.41, 5.74) is 6.89. The zero-order valence-corrected chi connectivity index (χ0v) is 13.3. The molecule has 0 aliphatic rings. The summed E-state index contributed by atoms with van der Waals surface area (Å²) in [6, 6.07) is 11.6. The molecule has 112 valence electrons. The standard InChI is InChI=1S/C14H14Cl2N2O2S/c15-11-3-1-2-10(8-11)6-7-18-21(19,20)14-9-12(17)4-5-13(14)16/h1-5,8-9,18H,6-7,17H2. The van der Waals surface area contributed by atoms with Crippen LogP contribution in [-0.2, 0) is 16.4 Å². The van der Waals surface area contributed by atoms with Crippen LogP contribution in [0, 0.1) is 0 Å². The van der Waals surface area contributed by atoms with Gasteiger partial charge in [0, 0.05) is 17.3 Å². The number of nitrogens with one attached hydrogen (secondary N) is 1. The van der Waals surface area contributed by atoms with E-state index < -0.39 is 10.0 Å². The molecule has 0 atom stereocenters. The van der Waals surface area contributed by atoms with Gasteiger partial charge in [0.25, 0.3) is 0 Å². The fourth-order valence-corrected chi connectivity index (χ4v) is 3.60. The van der Waals surface area contributed by atoms with Gasteiger partial charge < -0.3 is 5.73 Å². The van der Waals surface area contributed by atoms with Gasteiger partial charge in [-0.2, -0.15) is 0 Å². The van der Waals surface area contributed by atoms with Crippen molar-refractivity contribution >= 4 is 38.9 Å². The van der Waals surface area contributed by atoms with E-state index in [1.807, 2.05) is 12.1 Å². The summed E-state index contributed by atoms with van der Waals surface area (Å²) in [6.07, 6.45) is 0.528. The van der Waals surface area contributed by atoms with Crippen molar-refractivity contribution in [1.82, 2.24) is 4.72 Å². The van der Waals surface area contributed by atoms with E-state index in [4.69, 9.17) is 28.9 Å². The molecule has 2 aromatic rings. The fraction of sp³-hybridized carbons (Fsp3) is 0.143. The van der Waals surface area contributed by atoms with E-state index in [1.54, 1.807) is 18.2 Å². The molecule has 7 heteroatoms. The smallest absolute Gasteiger partial charge is 0.242 e.